The van der Waals surface area contributed by atoms with E-state index in [4.69, 9.17) is 11.6 Å². The summed E-state index contributed by atoms with van der Waals surface area (Å²) in [7, 11) is 2.04. The molecule has 0 aliphatic rings. The molecule has 90 valence electrons. The van der Waals surface area contributed by atoms with Gasteiger partial charge in [-0.2, -0.15) is 0 Å². The minimum absolute atomic E-state index is 0.464. The SMILES string of the molecule is CCCC(C)N(C)c1cc(Cl)nc(SC)n1. The number of nitrogens with zero attached hydrogens (tertiary/aromatic N) is 3. The monoisotopic (exact) mass is 259 g/mol. The summed E-state index contributed by atoms with van der Waals surface area (Å²) < 4.78 is 0. The van der Waals surface area contributed by atoms with Gasteiger partial charge in [0.25, 0.3) is 0 Å². The van der Waals surface area contributed by atoms with Gasteiger partial charge in [-0.05, 0) is 19.6 Å². The van der Waals surface area contributed by atoms with Crippen LogP contribution in [-0.2, 0) is 0 Å². The molecule has 0 radical (unpaired) electrons. The number of anilines is 1. The summed E-state index contributed by atoms with van der Waals surface area (Å²) in [5.41, 5.74) is 0. The van der Waals surface area contributed by atoms with Gasteiger partial charge < -0.3 is 4.90 Å². The average molecular weight is 260 g/mol. The van der Waals surface area contributed by atoms with E-state index in [1.54, 1.807) is 0 Å². The number of aromatic nitrogens is 2. The Balaban J connectivity index is 2.89. The van der Waals surface area contributed by atoms with Crippen molar-refractivity contribution in [3.63, 3.8) is 0 Å². The maximum Gasteiger partial charge on any atom is 0.190 e. The number of rotatable bonds is 5. The van der Waals surface area contributed by atoms with Gasteiger partial charge >= 0.3 is 0 Å². The zero-order valence-electron chi connectivity index (χ0n) is 10.2. The fraction of sp³-hybridized carbons (Fsp3) is 0.636. The molecule has 1 rings (SSSR count). The Kier molecular flexibility index (Phi) is 5.35. The second kappa shape index (κ2) is 6.30. The number of thioether (sulfide) groups is 1. The minimum atomic E-state index is 0.464. The molecule has 0 saturated heterocycles. The molecule has 16 heavy (non-hydrogen) atoms. The van der Waals surface area contributed by atoms with Crippen molar-refractivity contribution in [3.05, 3.63) is 11.2 Å². The normalized spacial score (nSPS) is 12.6. The lowest BCUT2D eigenvalue weighted by Crippen LogP contribution is -2.29. The fourth-order valence-corrected chi connectivity index (χ4v) is 2.10. The van der Waals surface area contributed by atoms with Crippen molar-refractivity contribution < 1.29 is 0 Å². The van der Waals surface area contributed by atoms with E-state index in [0.29, 0.717) is 11.2 Å². The minimum Gasteiger partial charge on any atom is -0.357 e. The quantitative estimate of drug-likeness (QED) is 0.460. The highest BCUT2D eigenvalue weighted by Gasteiger charge is 2.12. The van der Waals surface area contributed by atoms with Crippen LogP contribution in [0.1, 0.15) is 26.7 Å². The van der Waals surface area contributed by atoms with E-state index in [-0.39, 0.29) is 0 Å². The van der Waals surface area contributed by atoms with E-state index in [1.165, 1.54) is 18.2 Å². The third kappa shape index (κ3) is 3.52. The summed E-state index contributed by atoms with van der Waals surface area (Å²) >= 11 is 7.47. The Bertz CT molecular complexity index is 346. The summed E-state index contributed by atoms with van der Waals surface area (Å²) in [6.45, 7) is 4.38. The van der Waals surface area contributed by atoms with Crippen LogP contribution in [-0.4, -0.2) is 29.3 Å². The van der Waals surface area contributed by atoms with Crippen LogP contribution >= 0.6 is 23.4 Å². The van der Waals surface area contributed by atoms with Gasteiger partial charge in [-0.25, -0.2) is 9.97 Å². The van der Waals surface area contributed by atoms with Crippen LogP contribution in [0.15, 0.2) is 11.2 Å². The van der Waals surface area contributed by atoms with Crippen LogP contribution in [0.25, 0.3) is 0 Å². The Morgan fingerprint density at radius 3 is 2.75 bits per heavy atom. The highest BCUT2D eigenvalue weighted by molar-refractivity contribution is 7.98. The van der Waals surface area contributed by atoms with Crippen LogP contribution in [0.5, 0.6) is 0 Å². The maximum atomic E-state index is 5.96. The van der Waals surface area contributed by atoms with Crippen LogP contribution in [0.3, 0.4) is 0 Å². The molecule has 0 aliphatic heterocycles. The summed E-state index contributed by atoms with van der Waals surface area (Å²) in [5, 5.41) is 1.22. The molecule has 0 N–H and O–H groups in total. The van der Waals surface area contributed by atoms with E-state index in [1.807, 2.05) is 19.4 Å². The molecule has 0 saturated carbocycles. The molecule has 3 nitrogen and oxygen atoms in total. The molecule has 1 heterocycles. The van der Waals surface area contributed by atoms with Gasteiger partial charge in [-0.1, -0.05) is 36.7 Å². The second-order valence-electron chi connectivity index (χ2n) is 3.78. The molecule has 1 aromatic rings. The summed E-state index contributed by atoms with van der Waals surface area (Å²) in [6.07, 6.45) is 4.26. The van der Waals surface area contributed by atoms with Crippen LogP contribution in [0.4, 0.5) is 5.82 Å². The standard InChI is InChI=1S/C11H18ClN3S/c1-5-6-8(2)15(3)10-7-9(12)13-11(14-10)16-4/h7-8H,5-6H2,1-4H3. The third-order valence-electron chi connectivity index (χ3n) is 2.57. The van der Waals surface area contributed by atoms with E-state index in [0.717, 1.165) is 17.4 Å². The third-order valence-corrected chi connectivity index (χ3v) is 3.31. The van der Waals surface area contributed by atoms with E-state index < -0.39 is 0 Å². The molecule has 0 amide bonds. The predicted molar refractivity (Wildman–Crippen MR) is 71.6 cm³/mol. The van der Waals surface area contributed by atoms with Crippen molar-refractivity contribution in [2.45, 2.75) is 37.9 Å². The first-order chi connectivity index (χ1) is 7.58. The highest BCUT2D eigenvalue weighted by Crippen LogP contribution is 2.21. The van der Waals surface area contributed by atoms with Gasteiger partial charge in [0.2, 0.25) is 0 Å². The van der Waals surface area contributed by atoms with Crippen molar-refractivity contribution in [2.24, 2.45) is 0 Å². The predicted octanol–water partition coefficient (Wildman–Crippen LogP) is 3.48. The molecule has 1 unspecified atom stereocenters. The van der Waals surface area contributed by atoms with Crippen molar-refractivity contribution in [2.75, 3.05) is 18.2 Å². The molecule has 1 aromatic heterocycles. The van der Waals surface area contributed by atoms with Crippen molar-refractivity contribution in [1.29, 1.82) is 0 Å². The first kappa shape index (κ1) is 13.6. The lowest BCUT2D eigenvalue weighted by molar-refractivity contribution is 0.608. The molecule has 0 fully saturated rings. The average Bonchev–Trinajstić information content (AvgIpc) is 2.27. The molecule has 0 spiro atoms. The molecular formula is C11H18ClN3S. The molecule has 0 bridgehead atoms. The maximum absolute atomic E-state index is 5.96. The lowest BCUT2D eigenvalue weighted by atomic mass is 10.2. The van der Waals surface area contributed by atoms with Crippen LogP contribution in [0, 0.1) is 0 Å². The van der Waals surface area contributed by atoms with Crippen LogP contribution < -0.4 is 4.90 Å². The van der Waals surface area contributed by atoms with Crippen LogP contribution in [0.2, 0.25) is 5.15 Å². The van der Waals surface area contributed by atoms with Gasteiger partial charge in [0.1, 0.15) is 11.0 Å². The molecule has 5 heteroatoms. The topological polar surface area (TPSA) is 29.0 Å². The number of hydrogen-bond donors (Lipinski definition) is 0. The van der Waals surface area contributed by atoms with E-state index in [2.05, 4.69) is 28.7 Å². The molecular weight excluding hydrogens is 242 g/mol. The summed E-state index contributed by atoms with van der Waals surface area (Å²) in [5.74, 6) is 0.894. The van der Waals surface area contributed by atoms with Crippen molar-refractivity contribution >= 4 is 29.2 Å². The van der Waals surface area contributed by atoms with Gasteiger partial charge in [0.15, 0.2) is 5.16 Å². The molecule has 1 atom stereocenters. The van der Waals surface area contributed by atoms with Gasteiger partial charge in [0, 0.05) is 19.2 Å². The molecule has 0 aliphatic carbocycles. The van der Waals surface area contributed by atoms with E-state index >= 15 is 0 Å². The Labute approximate surface area is 107 Å². The van der Waals surface area contributed by atoms with Gasteiger partial charge in [-0.15, -0.1) is 0 Å². The van der Waals surface area contributed by atoms with Gasteiger partial charge in [0.05, 0.1) is 0 Å². The van der Waals surface area contributed by atoms with E-state index in [9.17, 15) is 0 Å². The van der Waals surface area contributed by atoms with Crippen molar-refractivity contribution in [1.82, 2.24) is 9.97 Å². The summed E-state index contributed by atoms with van der Waals surface area (Å²) in [6, 6.07) is 2.28. The smallest absolute Gasteiger partial charge is 0.190 e. The van der Waals surface area contributed by atoms with Crippen molar-refractivity contribution in [3.8, 4) is 0 Å². The Morgan fingerprint density at radius 2 is 2.19 bits per heavy atom. The number of halogens is 1. The largest absolute Gasteiger partial charge is 0.357 e. The second-order valence-corrected chi connectivity index (χ2v) is 4.94. The first-order valence-corrected chi connectivity index (χ1v) is 7.00. The molecule has 0 aromatic carbocycles. The van der Waals surface area contributed by atoms with Gasteiger partial charge in [-0.3, -0.25) is 0 Å². The zero-order valence-corrected chi connectivity index (χ0v) is 11.8. The Morgan fingerprint density at radius 1 is 1.50 bits per heavy atom. The first-order valence-electron chi connectivity index (χ1n) is 5.39. The highest BCUT2D eigenvalue weighted by atomic mass is 35.5. The summed E-state index contributed by atoms with van der Waals surface area (Å²) in [4.78, 5) is 10.7. The fourth-order valence-electron chi connectivity index (χ4n) is 1.49. The Hall–Kier alpha value is -0.480. The lowest BCUT2D eigenvalue weighted by Gasteiger charge is -2.25. The number of hydrogen-bond acceptors (Lipinski definition) is 4. The zero-order chi connectivity index (χ0) is 12.1.